The molecule has 4 aromatic rings. The van der Waals surface area contributed by atoms with Gasteiger partial charge in [0.2, 0.25) is 0 Å². The zero-order valence-corrected chi connectivity index (χ0v) is 20.5. The molecule has 9 nitrogen and oxygen atoms in total. The highest BCUT2D eigenvalue weighted by molar-refractivity contribution is 6.34. The molecule has 0 atom stereocenters. The first-order valence-electron chi connectivity index (χ1n) is 10.7. The van der Waals surface area contributed by atoms with Gasteiger partial charge < -0.3 is 19.7 Å². The molecule has 10 heteroatoms. The van der Waals surface area contributed by atoms with Crippen LogP contribution in [0.4, 0.5) is 5.69 Å². The predicted octanol–water partition coefficient (Wildman–Crippen LogP) is 4.10. The van der Waals surface area contributed by atoms with E-state index in [0.29, 0.717) is 40.5 Å². The smallest absolute Gasteiger partial charge is 0.257 e. The van der Waals surface area contributed by atoms with Gasteiger partial charge in [0.15, 0.2) is 5.65 Å². The van der Waals surface area contributed by atoms with E-state index >= 15 is 0 Å². The summed E-state index contributed by atoms with van der Waals surface area (Å²) >= 11 is 6.25. The molecule has 0 aliphatic carbocycles. The van der Waals surface area contributed by atoms with Gasteiger partial charge >= 0.3 is 0 Å². The molecule has 2 heterocycles. The molecule has 0 unspecified atom stereocenters. The van der Waals surface area contributed by atoms with Crippen molar-refractivity contribution < 1.29 is 19.1 Å². The Balaban J connectivity index is 1.53. The Kier molecular flexibility index (Phi) is 6.88. The van der Waals surface area contributed by atoms with Gasteiger partial charge in [0.25, 0.3) is 11.8 Å². The van der Waals surface area contributed by atoms with Crippen LogP contribution in [0.15, 0.2) is 54.9 Å². The molecule has 2 aromatic carbocycles. The minimum absolute atomic E-state index is 0.216. The molecule has 0 aliphatic rings. The summed E-state index contributed by atoms with van der Waals surface area (Å²) in [5.41, 5.74) is 2.74. The maximum Gasteiger partial charge on any atom is 0.257 e. The number of ether oxygens (including phenoxy) is 2. The van der Waals surface area contributed by atoms with Crippen LogP contribution in [0.3, 0.4) is 0 Å². The van der Waals surface area contributed by atoms with E-state index in [1.807, 2.05) is 18.2 Å². The predicted molar refractivity (Wildman–Crippen MR) is 134 cm³/mol. The highest BCUT2D eigenvalue weighted by Gasteiger charge is 2.16. The summed E-state index contributed by atoms with van der Waals surface area (Å²) in [6, 6.07) is 12.1. The van der Waals surface area contributed by atoms with Gasteiger partial charge in [0, 0.05) is 43.0 Å². The van der Waals surface area contributed by atoms with Crippen molar-refractivity contribution in [1.29, 1.82) is 0 Å². The lowest BCUT2D eigenvalue weighted by Crippen LogP contribution is -2.22. The maximum atomic E-state index is 12.8. The molecule has 0 radical (unpaired) electrons. The molecular formula is C25H24ClN5O4. The van der Waals surface area contributed by atoms with E-state index in [1.165, 1.54) is 11.1 Å². The Labute approximate surface area is 207 Å². The Morgan fingerprint density at radius 2 is 1.86 bits per heavy atom. The average Bonchev–Trinajstić information content (AvgIpc) is 3.25. The summed E-state index contributed by atoms with van der Waals surface area (Å²) in [5.74, 6) is 0.810. The maximum absolute atomic E-state index is 12.8. The van der Waals surface area contributed by atoms with Crippen molar-refractivity contribution in [3.05, 3.63) is 76.6 Å². The zero-order valence-electron chi connectivity index (χ0n) is 19.7. The number of methoxy groups -OCH3 is 2. The van der Waals surface area contributed by atoms with E-state index in [4.69, 9.17) is 21.1 Å². The van der Waals surface area contributed by atoms with Crippen LogP contribution in [0.25, 0.3) is 11.0 Å². The molecule has 4 rings (SSSR count). The number of rotatable bonds is 7. The number of hydrogen-bond acceptors (Lipinski definition) is 6. The average molecular weight is 494 g/mol. The highest BCUT2D eigenvalue weighted by Crippen LogP contribution is 2.26. The van der Waals surface area contributed by atoms with Crippen LogP contribution in [0.2, 0.25) is 5.02 Å². The molecule has 0 aliphatic heterocycles. The summed E-state index contributed by atoms with van der Waals surface area (Å²) in [7, 11) is 6.49. The van der Waals surface area contributed by atoms with Crippen molar-refractivity contribution in [1.82, 2.24) is 19.7 Å². The summed E-state index contributed by atoms with van der Waals surface area (Å²) < 4.78 is 12.5. The number of halogens is 1. The number of nitrogens with zero attached hydrogens (tertiary/aromatic N) is 4. The Bertz CT molecular complexity index is 1420. The lowest BCUT2D eigenvalue weighted by atomic mass is 10.1. The largest absolute Gasteiger partial charge is 0.497 e. The standard InChI is InChI=1S/C25H24ClN5O4/c1-30(2)25(33)20-8-6-18(10-21(20)26)29-24(32)17-9-16-13-28-31(23(16)27-12-17)14-15-5-7-19(34-3)11-22(15)35-4/h5-13H,14H2,1-4H3,(H,29,32). The van der Waals surface area contributed by atoms with Gasteiger partial charge in [-0.3, -0.25) is 9.59 Å². The topological polar surface area (TPSA) is 98.6 Å². The number of pyridine rings is 1. The monoisotopic (exact) mass is 493 g/mol. The highest BCUT2D eigenvalue weighted by atomic mass is 35.5. The fourth-order valence-electron chi connectivity index (χ4n) is 3.57. The Morgan fingerprint density at radius 3 is 2.54 bits per heavy atom. The first-order chi connectivity index (χ1) is 16.8. The molecule has 0 saturated carbocycles. The van der Waals surface area contributed by atoms with Gasteiger partial charge in [-0.2, -0.15) is 5.10 Å². The number of aromatic nitrogens is 3. The lowest BCUT2D eigenvalue weighted by molar-refractivity contribution is 0.0827. The van der Waals surface area contributed by atoms with Gasteiger partial charge in [-0.1, -0.05) is 11.6 Å². The summed E-state index contributed by atoms with van der Waals surface area (Å²) in [6.07, 6.45) is 3.15. The van der Waals surface area contributed by atoms with Crippen LogP contribution >= 0.6 is 11.6 Å². The summed E-state index contributed by atoms with van der Waals surface area (Å²) in [5, 5.41) is 8.19. The van der Waals surface area contributed by atoms with E-state index < -0.39 is 0 Å². The normalized spacial score (nSPS) is 10.8. The third kappa shape index (κ3) is 5.04. The van der Waals surface area contributed by atoms with Gasteiger partial charge in [-0.25, -0.2) is 9.67 Å². The van der Waals surface area contributed by atoms with Crippen molar-refractivity contribution in [2.45, 2.75) is 6.54 Å². The van der Waals surface area contributed by atoms with E-state index in [2.05, 4.69) is 15.4 Å². The molecule has 2 aromatic heterocycles. The van der Waals surface area contributed by atoms with E-state index in [1.54, 1.807) is 63.5 Å². The van der Waals surface area contributed by atoms with E-state index in [9.17, 15) is 9.59 Å². The van der Waals surface area contributed by atoms with Crippen LogP contribution in [0.5, 0.6) is 11.5 Å². The molecular weight excluding hydrogens is 470 g/mol. The summed E-state index contributed by atoms with van der Waals surface area (Å²) in [6.45, 7) is 0.436. The third-order valence-electron chi connectivity index (χ3n) is 5.42. The molecule has 2 amide bonds. The van der Waals surface area contributed by atoms with Crippen LogP contribution in [0.1, 0.15) is 26.3 Å². The quantitative estimate of drug-likeness (QED) is 0.416. The van der Waals surface area contributed by atoms with Gasteiger partial charge in [-0.15, -0.1) is 0 Å². The number of amides is 2. The van der Waals surface area contributed by atoms with Gasteiger partial charge in [0.05, 0.1) is 43.1 Å². The number of nitrogens with one attached hydrogen (secondary N) is 1. The Morgan fingerprint density at radius 1 is 1.06 bits per heavy atom. The van der Waals surface area contributed by atoms with Crippen molar-refractivity contribution in [3.63, 3.8) is 0 Å². The second-order valence-corrected chi connectivity index (χ2v) is 8.37. The van der Waals surface area contributed by atoms with Crippen LogP contribution < -0.4 is 14.8 Å². The summed E-state index contributed by atoms with van der Waals surface area (Å²) in [4.78, 5) is 30.9. The number of benzene rings is 2. The van der Waals surface area contributed by atoms with E-state index in [0.717, 1.165) is 10.9 Å². The van der Waals surface area contributed by atoms with Crippen LogP contribution in [-0.4, -0.2) is 59.8 Å². The van der Waals surface area contributed by atoms with Crippen molar-refractivity contribution in [3.8, 4) is 11.5 Å². The fourth-order valence-corrected chi connectivity index (χ4v) is 3.83. The first-order valence-corrected chi connectivity index (χ1v) is 11.0. The third-order valence-corrected chi connectivity index (χ3v) is 5.73. The van der Waals surface area contributed by atoms with Gasteiger partial charge in [-0.05, 0) is 36.4 Å². The number of hydrogen-bond donors (Lipinski definition) is 1. The lowest BCUT2D eigenvalue weighted by Gasteiger charge is -2.13. The molecule has 35 heavy (non-hydrogen) atoms. The van der Waals surface area contributed by atoms with Crippen molar-refractivity contribution in [2.75, 3.05) is 33.6 Å². The Hall–Kier alpha value is -4.11. The van der Waals surface area contributed by atoms with Crippen molar-refractivity contribution >= 4 is 40.1 Å². The minimum Gasteiger partial charge on any atom is -0.497 e. The van der Waals surface area contributed by atoms with Crippen LogP contribution in [-0.2, 0) is 6.54 Å². The molecule has 180 valence electrons. The number of fused-ring (bicyclic) bond motifs is 1. The van der Waals surface area contributed by atoms with Crippen LogP contribution in [0, 0.1) is 0 Å². The SMILES string of the molecule is COc1ccc(Cn2ncc3cc(C(=O)Nc4ccc(C(=O)N(C)C)c(Cl)c4)cnc32)c(OC)c1. The second kappa shape index (κ2) is 10.0. The minimum atomic E-state index is -0.355. The molecule has 1 N–H and O–H groups in total. The molecule has 0 bridgehead atoms. The van der Waals surface area contributed by atoms with Gasteiger partial charge in [0.1, 0.15) is 11.5 Å². The zero-order chi connectivity index (χ0) is 25.1. The number of anilines is 1. The number of carbonyl (C=O) groups excluding carboxylic acids is 2. The van der Waals surface area contributed by atoms with Crippen molar-refractivity contribution in [2.24, 2.45) is 0 Å². The first kappa shape index (κ1) is 24.0. The molecule has 0 fully saturated rings. The fraction of sp³-hybridized carbons (Fsp3) is 0.200. The van der Waals surface area contributed by atoms with E-state index in [-0.39, 0.29) is 16.8 Å². The number of carbonyl (C=O) groups is 2. The second-order valence-electron chi connectivity index (χ2n) is 7.97. The molecule has 0 spiro atoms. The molecule has 0 saturated heterocycles.